The smallest absolute Gasteiger partial charge is 0.303 e. The van der Waals surface area contributed by atoms with Crippen LogP contribution in [-0.2, 0) is 9.59 Å². The SMILES string of the molecule is Cc1ccccc1C1CC1C(=O)N1CCCCC1CCC(=O)O. The van der Waals surface area contributed by atoms with Crippen LogP contribution in [0.3, 0.4) is 0 Å². The molecule has 4 nitrogen and oxygen atoms in total. The van der Waals surface area contributed by atoms with E-state index in [4.69, 9.17) is 5.11 Å². The van der Waals surface area contributed by atoms with E-state index < -0.39 is 5.97 Å². The maximum atomic E-state index is 12.9. The van der Waals surface area contributed by atoms with Gasteiger partial charge in [-0.1, -0.05) is 24.3 Å². The van der Waals surface area contributed by atoms with Crippen LogP contribution in [0.2, 0.25) is 0 Å². The van der Waals surface area contributed by atoms with Crippen LogP contribution in [0.15, 0.2) is 24.3 Å². The van der Waals surface area contributed by atoms with Gasteiger partial charge in [-0.2, -0.15) is 0 Å². The Hall–Kier alpha value is -1.84. The van der Waals surface area contributed by atoms with E-state index in [0.29, 0.717) is 12.3 Å². The number of hydrogen-bond acceptors (Lipinski definition) is 2. The van der Waals surface area contributed by atoms with E-state index in [9.17, 15) is 9.59 Å². The molecule has 2 aliphatic rings. The molecule has 4 heteroatoms. The van der Waals surface area contributed by atoms with Gasteiger partial charge in [0.1, 0.15) is 0 Å². The Morgan fingerprint density at radius 2 is 2.04 bits per heavy atom. The van der Waals surface area contributed by atoms with Crippen LogP contribution >= 0.6 is 0 Å². The lowest BCUT2D eigenvalue weighted by atomic mass is 9.96. The van der Waals surface area contributed by atoms with Gasteiger partial charge in [-0.05, 0) is 56.1 Å². The lowest BCUT2D eigenvalue weighted by Crippen LogP contribution is -2.44. The third-order valence-corrected chi connectivity index (χ3v) is 5.30. The molecular weight excluding hydrogens is 290 g/mol. The molecule has 3 unspecified atom stereocenters. The molecule has 124 valence electrons. The van der Waals surface area contributed by atoms with Crippen LogP contribution < -0.4 is 0 Å². The van der Waals surface area contributed by atoms with Gasteiger partial charge in [0, 0.05) is 24.9 Å². The predicted octanol–water partition coefficient (Wildman–Crippen LogP) is 3.34. The van der Waals surface area contributed by atoms with Crippen molar-refractivity contribution in [2.24, 2.45) is 5.92 Å². The first-order valence-corrected chi connectivity index (χ1v) is 8.65. The summed E-state index contributed by atoms with van der Waals surface area (Å²) in [5.74, 6) is -0.0761. The highest BCUT2D eigenvalue weighted by Crippen LogP contribution is 2.50. The molecule has 1 N–H and O–H groups in total. The first kappa shape index (κ1) is 16.0. The van der Waals surface area contributed by atoms with E-state index in [1.165, 1.54) is 11.1 Å². The molecular formula is C19H25NO3. The van der Waals surface area contributed by atoms with Crippen molar-refractivity contribution in [3.63, 3.8) is 0 Å². The van der Waals surface area contributed by atoms with Crippen molar-refractivity contribution >= 4 is 11.9 Å². The quantitative estimate of drug-likeness (QED) is 0.906. The molecule has 1 aliphatic carbocycles. The zero-order chi connectivity index (χ0) is 16.4. The molecule has 0 aromatic heterocycles. The minimum atomic E-state index is -0.771. The minimum absolute atomic E-state index is 0.0986. The molecule has 3 rings (SSSR count). The zero-order valence-corrected chi connectivity index (χ0v) is 13.7. The van der Waals surface area contributed by atoms with Gasteiger partial charge in [-0.3, -0.25) is 9.59 Å². The number of amides is 1. The summed E-state index contributed by atoms with van der Waals surface area (Å²) in [4.78, 5) is 25.7. The highest BCUT2D eigenvalue weighted by molar-refractivity contribution is 5.83. The van der Waals surface area contributed by atoms with Crippen molar-refractivity contribution < 1.29 is 14.7 Å². The van der Waals surface area contributed by atoms with Crippen molar-refractivity contribution in [2.75, 3.05) is 6.54 Å². The lowest BCUT2D eigenvalue weighted by Gasteiger charge is -2.36. The molecule has 1 amide bonds. The summed E-state index contributed by atoms with van der Waals surface area (Å²) in [5.41, 5.74) is 2.55. The number of rotatable bonds is 5. The zero-order valence-electron chi connectivity index (χ0n) is 13.7. The topological polar surface area (TPSA) is 57.6 Å². The summed E-state index contributed by atoms with van der Waals surface area (Å²) in [6.45, 7) is 2.89. The molecule has 1 aliphatic heterocycles. The number of likely N-dealkylation sites (tertiary alicyclic amines) is 1. The maximum Gasteiger partial charge on any atom is 0.303 e. The molecule has 2 fully saturated rings. The van der Waals surface area contributed by atoms with Crippen LogP contribution in [0.1, 0.15) is 55.6 Å². The van der Waals surface area contributed by atoms with Gasteiger partial charge in [0.05, 0.1) is 0 Å². The van der Waals surface area contributed by atoms with Crippen LogP contribution in [0.5, 0.6) is 0 Å². The maximum absolute atomic E-state index is 12.9. The first-order valence-electron chi connectivity index (χ1n) is 8.65. The minimum Gasteiger partial charge on any atom is -0.481 e. The number of carbonyl (C=O) groups is 2. The van der Waals surface area contributed by atoms with Gasteiger partial charge in [0.15, 0.2) is 0 Å². The highest BCUT2D eigenvalue weighted by Gasteiger charge is 2.47. The average Bonchev–Trinajstić information content (AvgIpc) is 3.33. The average molecular weight is 315 g/mol. The van der Waals surface area contributed by atoms with E-state index in [1.54, 1.807) is 0 Å². The molecule has 23 heavy (non-hydrogen) atoms. The van der Waals surface area contributed by atoms with Gasteiger partial charge in [0.2, 0.25) is 5.91 Å². The Kier molecular flexibility index (Phi) is 4.69. The second-order valence-electron chi connectivity index (χ2n) is 6.92. The van der Waals surface area contributed by atoms with E-state index in [-0.39, 0.29) is 24.3 Å². The Morgan fingerprint density at radius 3 is 2.78 bits per heavy atom. The van der Waals surface area contributed by atoms with Crippen molar-refractivity contribution in [1.82, 2.24) is 4.90 Å². The predicted molar refractivity (Wildman–Crippen MR) is 88.2 cm³/mol. The summed E-state index contributed by atoms with van der Waals surface area (Å²) in [6, 6.07) is 8.42. The normalized spacial score (nSPS) is 26.8. The Bertz CT molecular complexity index is 598. The molecule has 0 bridgehead atoms. The number of carboxylic acids is 1. The van der Waals surface area contributed by atoms with Gasteiger partial charge < -0.3 is 10.0 Å². The number of carbonyl (C=O) groups excluding carboxylic acids is 1. The van der Waals surface area contributed by atoms with E-state index >= 15 is 0 Å². The number of hydrogen-bond donors (Lipinski definition) is 1. The molecule has 0 radical (unpaired) electrons. The highest BCUT2D eigenvalue weighted by atomic mass is 16.4. The third kappa shape index (κ3) is 3.57. The number of benzene rings is 1. The summed E-state index contributed by atoms with van der Waals surface area (Å²) in [6.07, 6.45) is 4.76. The Morgan fingerprint density at radius 1 is 1.26 bits per heavy atom. The Balaban J connectivity index is 1.65. The summed E-state index contributed by atoms with van der Waals surface area (Å²) < 4.78 is 0. The molecule has 3 atom stereocenters. The first-order chi connectivity index (χ1) is 11.1. The fourth-order valence-corrected chi connectivity index (χ4v) is 3.91. The molecule has 1 saturated carbocycles. The molecule has 1 heterocycles. The largest absolute Gasteiger partial charge is 0.481 e. The fourth-order valence-electron chi connectivity index (χ4n) is 3.91. The van der Waals surface area contributed by atoms with Gasteiger partial charge in [-0.15, -0.1) is 0 Å². The second-order valence-corrected chi connectivity index (χ2v) is 6.92. The molecule has 1 aromatic carbocycles. The van der Waals surface area contributed by atoms with Crippen LogP contribution in [-0.4, -0.2) is 34.5 Å². The van der Waals surface area contributed by atoms with Crippen molar-refractivity contribution in [3.8, 4) is 0 Å². The standard InChI is InChI=1S/C19H25NO3/c1-13-6-2-3-8-15(13)16-12-17(16)19(23)20-11-5-4-7-14(20)9-10-18(21)22/h2-3,6,8,14,16-17H,4-5,7,9-12H2,1H3,(H,21,22). The van der Waals surface area contributed by atoms with E-state index in [2.05, 4.69) is 19.1 Å². The number of aryl methyl sites for hydroxylation is 1. The number of carboxylic acid groups (broad SMARTS) is 1. The lowest BCUT2D eigenvalue weighted by molar-refractivity contribution is -0.140. The van der Waals surface area contributed by atoms with E-state index in [1.807, 2.05) is 17.0 Å². The molecule has 1 saturated heterocycles. The van der Waals surface area contributed by atoms with Gasteiger partial charge >= 0.3 is 5.97 Å². The molecule has 0 spiro atoms. The van der Waals surface area contributed by atoms with Gasteiger partial charge in [-0.25, -0.2) is 0 Å². The summed E-state index contributed by atoms with van der Waals surface area (Å²) in [7, 11) is 0. The number of nitrogens with zero attached hydrogens (tertiary/aromatic N) is 1. The van der Waals surface area contributed by atoms with E-state index in [0.717, 1.165) is 32.2 Å². The van der Waals surface area contributed by atoms with Crippen LogP contribution in [0.25, 0.3) is 0 Å². The van der Waals surface area contributed by atoms with Crippen molar-refractivity contribution in [1.29, 1.82) is 0 Å². The molecule has 1 aromatic rings. The van der Waals surface area contributed by atoms with Crippen LogP contribution in [0.4, 0.5) is 0 Å². The summed E-state index contributed by atoms with van der Waals surface area (Å²) in [5, 5.41) is 8.91. The van der Waals surface area contributed by atoms with Crippen LogP contribution in [0, 0.1) is 12.8 Å². The monoisotopic (exact) mass is 315 g/mol. The number of aliphatic carboxylic acids is 1. The summed E-state index contributed by atoms with van der Waals surface area (Å²) >= 11 is 0. The third-order valence-electron chi connectivity index (χ3n) is 5.30. The second kappa shape index (κ2) is 6.73. The van der Waals surface area contributed by atoms with Crippen molar-refractivity contribution in [3.05, 3.63) is 35.4 Å². The van der Waals surface area contributed by atoms with Crippen molar-refractivity contribution in [2.45, 2.75) is 57.4 Å². The number of piperidine rings is 1. The fraction of sp³-hybridized carbons (Fsp3) is 0.579. The Labute approximate surface area is 137 Å². The van der Waals surface area contributed by atoms with Gasteiger partial charge in [0.25, 0.3) is 0 Å².